The van der Waals surface area contributed by atoms with Crippen LogP contribution in [0, 0.1) is 5.92 Å². The van der Waals surface area contributed by atoms with Gasteiger partial charge in [0.2, 0.25) is 11.8 Å². The summed E-state index contributed by atoms with van der Waals surface area (Å²) in [7, 11) is 0. The van der Waals surface area contributed by atoms with Crippen LogP contribution >= 0.6 is 0 Å². The van der Waals surface area contributed by atoms with Crippen LogP contribution in [0.25, 0.3) is 0 Å². The van der Waals surface area contributed by atoms with Crippen LogP contribution in [-0.2, 0) is 9.59 Å². The highest BCUT2D eigenvalue weighted by molar-refractivity contribution is 5.89. The Kier molecular flexibility index (Phi) is 3.99. The van der Waals surface area contributed by atoms with E-state index in [2.05, 4.69) is 0 Å². The normalized spacial score (nSPS) is 24.3. The average Bonchev–Trinajstić information content (AvgIpc) is 2.56. The van der Waals surface area contributed by atoms with E-state index in [0.717, 1.165) is 6.92 Å². The minimum Gasteiger partial charge on any atom is -0.480 e. The first-order valence-electron chi connectivity index (χ1n) is 5.50. The predicted octanol–water partition coefficient (Wildman–Crippen LogP) is 2.19. The fourth-order valence-electron chi connectivity index (χ4n) is 2.16. The second-order valence-corrected chi connectivity index (χ2v) is 4.69. The smallest absolute Gasteiger partial charge is 0.409 e. The number of hydrogen-bond donors (Lipinski definition) is 1. The second kappa shape index (κ2) is 4.81. The molecule has 116 valence electrons. The maximum Gasteiger partial charge on any atom is 0.409 e. The SMILES string of the molecule is CC1(C(=O)O)CCCN1C(=O)C(C(F)(F)F)C(F)(F)F. The zero-order valence-electron chi connectivity index (χ0n) is 10.2. The molecule has 1 amide bonds. The Morgan fingerprint density at radius 3 is 1.95 bits per heavy atom. The molecule has 0 aromatic rings. The molecule has 10 heteroatoms. The molecule has 0 aromatic heterocycles. The monoisotopic (exact) mass is 307 g/mol. The van der Waals surface area contributed by atoms with Gasteiger partial charge in [-0.15, -0.1) is 0 Å². The fourth-order valence-corrected chi connectivity index (χ4v) is 2.16. The Balaban J connectivity index is 3.18. The predicted molar refractivity (Wildman–Crippen MR) is 52.6 cm³/mol. The third-order valence-electron chi connectivity index (χ3n) is 3.27. The Morgan fingerprint density at radius 1 is 1.15 bits per heavy atom. The number of carbonyl (C=O) groups excluding carboxylic acids is 1. The van der Waals surface area contributed by atoms with Gasteiger partial charge in [0.1, 0.15) is 5.54 Å². The number of amides is 1. The summed E-state index contributed by atoms with van der Waals surface area (Å²) in [5.41, 5.74) is -2.05. The number of nitrogens with zero attached hydrogens (tertiary/aromatic N) is 1. The summed E-state index contributed by atoms with van der Waals surface area (Å²) in [6.45, 7) is 0.480. The van der Waals surface area contributed by atoms with Crippen molar-refractivity contribution >= 4 is 11.9 Å². The molecule has 0 spiro atoms. The van der Waals surface area contributed by atoms with Gasteiger partial charge in [0.15, 0.2) is 0 Å². The van der Waals surface area contributed by atoms with E-state index in [1.54, 1.807) is 0 Å². The molecule has 0 bridgehead atoms. The summed E-state index contributed by atoms with van der Waals surface area (Å²) in [4.78, 5) is 22.7. The van der Waals surface area contributed by atoms with E-state index in [-0.39, 0.29) is 17.7 Å². The molecule has 1 fully saturated rings. The number of halogens is 6. The summed E-state index contributed by atoms with van der Waals surface area (Å²) in [5, 5.41) is 8.92. The van der Waals surface area contributed by atoms with Gasteiger partial charge in [0.05, 0.1) is 0 Å². The van der Waals surface area contributed by atoms with Crippen molar-refractivity contribution in [3.63, 3.8) is 0 Å². The topological polar surface area (TPSA) is 57.6 Å². The van der Waals surface area contributed by atoms with Crippen LogP contribution in [0.3, 0.4) is 0 Å². The fraction of sp³-hybridized carbons (Fsp3) is 0.800. The maximum absolute atomic E-state index is 12.5. The van der Waals surface area contributed by atoms with E-state index in [4.69, 9.17) is 5.11 Å². The molecule has 1 heterocycles. The summed E-state index contributed by atoms with van der Waals surface area (Å²) in [6.07, 6.45) is -11.8. The van der Waals surface area contributed by atoms with Crippen molar-refractivity contribution in [3.8, 4) is 0 Å². The van der Waals surface area contributed by atoms with E-state index in [1.165, 1.54) is 0 Å². The zero-order chi connectivity index (χ0) is 15.9. The van der Waals surface area contributed by atoms with Crippen molar-refractivity contribution in [2.24, 2.45) is 5.92 Å². The van der Waals surface area contributed by atoms with Crippen molar-refractivity contribution in [1.29, 1.82) is 0 Å². The van der Waals surface area contributed by atoms with Gasteiger partial charge in [-0.1, -0.05) is 0 Å². The van der Waals surface area contributed by atoms with Crippen LogP contribution in [0.2, 0.25) is 0 Å². The average molecular weight is 307 g/mol. The van der Waals surface area contributed by atoms with E-state index >= 15 is 0 Å². The Bertz CT molecular complexity index is 404. The molecular formula is C10H11F6NO3. The molecule has 0 radical (unpaired) electrons. The van der Waals surface area contributed by atoms with Gasteiger partial charge in [-0.05, 0) is 19.8 Å². The number of aliphatic carboxylic acids is 1. The molecule has 0 aromatic carbocycles. The highest BCUT2D eigenvalue weighted by atomic mass is 19.4. The summed E-state index contributed by atoms with van der Waals surface area (Å²) >= 11 is 0. The van der Waals surface area contributed by atoms with Gasteiger partial charge in [-0.25, -0.2) is 4.79 Å². The lowest BCUT2D eigenvalue weighted by Gasteiger charge is -2.34. The van der Waals surface area contributed by atoms with E-state index in [0.29, 0.717) is 0 Å². The third kappa shape index (κ3) is 2.83. The van der Waals surface area contributed by atoms with E-state index < -0.39 is 42.2 Å². The lowest BCUT2D eigenvalue weighted by atomic mass is 9.97. The van der Waals surface area contributed by atoms with Gasteiger partial charge in [-0.3, -0.25) is 4.79 Å². The summed E-state index contributed by atoms with van der Waals surface area (Å²) < 4.78 is 74.7. The molecule has 0 aliphatic carbocycles. The number of likely N-dealkylation sites (tertiary alicyclic amines) is 1. The van der Waals surface area contributed by atoms with Crippen molar-refractivity contribution in [2.75, 3.05) is 6.54 Å². The number of carboxylic acids is 1. The standard InChI is InChI=1S/C10H11F6NO3/c1-8(7(19)20)3-2-4-17(8)6(18)5(9(11,12)13)10(14,15)16/h5H,2-4H2,1H3,(H,19,20). The Morgan fingerprint density at radius 2 is 1.60 bits per heavy atom. The van der Waals surface area contributed by atoms with Crippen LogP contribution in [0.4, 0.5) is 26.3 Å². The van der Waals surface area contributed by atoms with Crippen LogP contribution in [0.15, 0.2) is 0 Å². The first-order valence-corrected chi connectivity index (χ1v) is 5.50. The number of alkyl halides is 6. The van der Waals surface area contributed by atoms with Gasteiger partial charge in [-0.2, -0.15) is 26.3 Å². The lowest BCUT2D eigenvalue weighted by molar-refractivity contribution is -0.278. The summed E-state index contributed by atoms with van der Waals surface area (Å²) in [5.74, 6) is -8.11. The lowest BCUT2D eigenvalue weighted by Crippen LogP contribution is -2.57. The molecule has 20 heavy (non-hydrogen) atoms. The molecule has 1 saturated heterocycles. The molecule has 1 N–H and O–H groups in total. The first kappa shape index (κ1) is 16.6. The second-order valence-electron chi connectivity index (χ2n) is 4.69. The molecule has 1 atom stereocenters. The van der Waals surface area contributed by atoms with Gasteiger partial charge < -0.3 is 10.0 Å². The van der Waals surface area contributed by atoms with E-state index in [1.807, 2.05) is 0 Å². The number of hydrogen-bond acceptors (Lipinski definition) is 2. The number of rotatable bonds is 2. The van der Waals surface area contributed by atoms with Crippen molar-refractivity contribution < 1.29 is 41.0 Å². The molecule has 0 saturated carbocycles. The molecule has 4 nitrogen and oxygen atoms in total. The molecule has 1 aliphatic rings. The molecular weight excluding hydrogens is 296 g/mol. The molecule has 1 aliphatic heterocycles. The van der Waals surface area contributed by atoms with Crippen LogP contribution < -0.4 is 0 Å². The maximum atomic E-state index is 12.5. The third-order valence-corrected chi connectivity index (χ3v) is 3.27. The number of carboxylic acid groups (broad SMARTS) is 1. The minimum atomic E-state index is -5.82. The molecule has 1 rings (SSSR count). The molecule has 1 unspecified atom stereocenters. The van der Waals surface area contributed by atoms with E-state index in [9.17, 15) is 35.9 Å². The zero-order valence-corrected chi connectivity index (χ0v) is 10.2. The van der Waals surface area contributed by atoms with Crippen LogP contribution in [0.1, 0.15) is 19.8 Å². The van der Waals surface area contributed by atoms with Gasteiger partial charge in [0, 0.05) is 6.54 Å². The van der Waals surface area contributed by atoms with Crippen molar-refractivity contribution in [1.82, 2.24) is 4.90 Å². The van der Waals surface area contributed by atoms with Gasteiger partial charge >= 0.3 is 18.3 Å². The minimum absolute atomic E-state index is 0.0248. The first-order chi connectivity index (χ1) is 8.82. The number of carbonyl (C=O) groups is 2. The van der Waals surface area contributed by atoms with Crippen LogP contribution in [-0.4, -0.2) is 46.3 Å². The highest BCUT2D eigenvalue weighted by Crippen LogP contribution is 2.42. The quantitative estimate of drug-likeness (QED) is 0.796. The van der Waals surface area contributed by atoms with Crippen LogP contribution in [0.5, 0.6) is 0 Å². The largest absolute Gasteiger partial charge is 0.480 e. The summed E-state index contributed by atoms with van der Waals surface area (Å²) in [6, 6.07) is 0. The van der Waals surface area contributed by atoms with Gasteiger partial charge in [0.25, 0.3) is 0 Å². The Labute approximate surface area is 109 Å². The highest BCUT2D eigenvalue weighted by Gasteiger charge is 2.64. The Hall–Kier alpha value is -1.48. The van der Waals surface area contributed by atoms with Crippen molar-refractivity contribution in [3.05, 3.63) is 0 Å². The van der Waals surface area contributed by atoms with Crippen molar-refractivity contribution in [2.45, 2.75) is 37.7 Å².